The third-order valence-electron chi connectivity index (χ3n) is 3.32. The Morgan fingerprint density at radius 2 is 2.20 bits per heavy atom. The third-order valence-corrected chi connectivity index (χ3v) is 3.32. The Balaban J connectivity index is 2.12. The molecule has 0 bridgehead atoms. The summed E-state index contributed by atoms with van der Waals surface area (Å²) in [6, 6.07) is -0.120. The second-order valence-electron chi connectivity index (χ2n) is 5.64. The summed E-state index contributed by atoms with van der Waals surface area (Å²) < 4.78 is 5.75. The highest BCUT2D eigenvalue weighted by Gasteiger charge is 2.26. The van der Waals surface area contributed by atoms with Crippen molar-refractivity contribution < 1.29 is 19.4 Å². The summed E-state index contributed by atoms with van der Waals surface area (Å²) in [6.45, 7) is 6.81. The van der Waals surface area contributed by atoms with Crippen LogP contribution in [0, 0.1) is 5.92 Å². The van der Waals surface area contributed by atoms with Gasteiger partial charge >= 0.3 is 12.0 Å². The van der Waals surface area contributed by atoms with Gasteiger partial charge in [-0.05, 0) is 25.2 Å². The molecule has 0 radical (unpaired) electrons. The van der Waals surface area contributed by atoms with Crippen LogP contribution in [0.3, 0.4) is 0 Å². The summed E-state index contributed by atoms with van der Waals surface area (Å²) >= 11 is 0. The van der Waals surface area contributed by atoms with E-state index in [4.69, 9.17) is 9.84 Å². The molecule has 0 aromatic carbocycles. The van der Waals surface area contributed by atoms with Crippen LogP contribution < -0.4 is 5.32 Å². The van der Waals surface area contributed by atoms with E-state index in [1.165, 1.54) is 0 Å². The molecule has 1 rings (SSSR count). The van der Waals surface area contributed by atoms with Crippen molar-refractivity contribution in [3.8, 4) is 0 Å². The van der Waals surface area contributed by atoms with Crippen LogP contribution in [0.15, 0.2) is 0 Å². The standard InChI is InChI=1S/C14H26N2O4/c1-11(2)6-9-20-12-5-8-16(10-12)14(19)15-7-3-4-13(17)18/h11-12H,3-10H2,1-2H3,(H,15,19)(H,17,18). The Morgan fingerprint density at radius 1 is 1.45 bits per heavy atom. The minimum atomic E-state index is -0.834. The van der Waals surface area contributed by atoms with Crippen molar-refractivity contribution in [3.63, 3.8) is 0 Å². The Labute approximate surface area is 120 Å². The number of hydrogen-bond acceptors (Lipinski definition) is 3. The van der Waals surface area contributed by atoms with Gasteiger partial charge < -0.3 is 20.1 Å². The topological polar surface area (TPSA) is 78.9 Å². The molecular formula is C14H26N2O4. The number of amides is 2. The Kier molecular flexibility index (Phi) is 7.36. The van der Waals surface area contributed by atoms with Gasteiger partial charge in [0, 0.05) is 32.7 Å². The van der Waals surface area contributed by atoms with E-state index in [-0.39, 0.29) is 18.6 Å². The zero-order valence-corrected chi connectivity index (χ0v) is 12.4. The van der Waals surface area contributed by atoms with Crippen LogP contribution >= 0.6 is 0 Å². The van der Waals surface area contributed by atoms with Crippen LogP contribution in [0.5, 0.6) is 0 Å². The van der Waals surface area contributed by atoms with E-state index >= 15 is 0 Å². The number of carbonyl (C=O) groups excluding carboxylic acids is 1. The SMILES string of the molecule is CC(C)CCOC1CCN(C(=O)NCCCC(=O)O)C1. The van der Waals surface area contributed by atoms with Gasteiger partial charge in [0.25, 0.3) is 0 Å². The fourth-order valence-electron chi connectivity index (χ4n) is 2.07. The Bertz CT molecular complexity index is 320. The van der Waals surface area contributed by atoms with Crippen molar-refractivity contribution >= 4 is 12.0 Å². The number of urea groups is 1. The predicted molar refractivity (Wildman–Crippen MR) is 75.7 cm³/mol. The first-order chi connectivity index (χ1) is 9.49. The molecular weight excluding hydrogens is 260 g/mol. The lowest BCUT2D eigenvalue weighted by Crippen LogP contribution is -2.39. The largest absolute Gasteiger partial charge is 0.481 e. The van der Waals surface area contributed by atoms with Crippen LogP contribution in [-0.2, 0) is 9.53 Å². The van der Waals surface area contributed by atoms with Crippen LogP contribution in [0.25, 0.3) is 0 Å². The molecule has 0 spiro atoms. The van der Waals surface area contributed by atoms with E-state index in [9.17, 15) is 9.59 Å². The van der Waals surface area contributed by atoms with Crippen molar-refractivity contribution in [2.24, 2.45) is 5.92 Å². The van der Waals surface area contributed by atoms with Crippen LogP contribution in [0.4, 0.5) is 4.79 Å². The number of likely N-dealkylation sites (tertiary alicyclic amines) is 1. The highest BCUT2D eigenvalue weighted by Crippen LogP contribution is 2.13. The molecule has 20 heavy (non-hydrogen) atoms. The van der Waals surface area contributed by atoms with E-state index in [0.29, 0.717) is 32.0 Å². The molecule has 1 unspecified atom stereocenters. The smallest absolute Gasteiger partial charge is 0.317 e. The lowest BCUT2D eigenvalue weighted by atomic mass is 10.1. The highest BCUT2D eigenvalue weighted by molar-refractivity contribution is 5.74. The summed E-state index contributed by atoms with van der Waals surface area (Å²) in [5, 5.41) is 11.2. The van der Waals surface area contributed by atoms with E-state index < -0.39 is 5.97 Å². The Morgan fingerprint density at radius 3 is 2.85 bits per heavy atom. The maximum Gasteiger partial charge on any atom is 0.317 e. The average Bonchev–Trinajstić information content (AvgIpc) is 2.82. The molecule has 6 nitrogen and oxygen atoms in total. The molecule has 0 saturated carbocycles. The fourth-order valence-corrected chi connectivity index (χ4v) is 2.07. The molecule has 2 amide bonds. The van der Waals surface area contributed by atoms with Gasteiger partial charge in [-0.3, -0.25) is 4.79 Å². The van der Waals surface area contributed by atoms with Gasteiger partial charge in [-0.25, -0.2) is 4.79 Å². The van der Waals surface area contributed by atoms with Crippen LogP contribution in [0.2, 0.25) is 0 Å². The summed E-state index contributed by atoms with van der Waals surface area (Å²) in [7, 11) is 0. The van der Waals surface area contributed by atoms with E-state index in [0.717, 1.165) is 19.4 Å². The minimum Gasteiger partial charge on any atom is -0.481 e. The van der Waals surface area contributed by atoms with Gasteiger partial charge in [0.1, 0.15) is 0 Å². The van der Waals surface area contributed by atoms with Crippen molar-refractivity contribution in [1.29, 1.82) is 0 Å². The van der Waals surface area contributed by atoms with Crippen molar-refractivity contribution in [3.05, 3.63) is 0 Å². The molecule has 1 saturated heterocycles. The highest BCUT2D eigenvalue weighted by atomic mass is 16.5. The second kappa shape index (κ2) is 8.79. The lowest BCUT2D eigenvalue weighted by Gasteiger charge is -2.17. The first-order valence-corrected chi connectivity index (χ1v) is 7.35. The molecule has 1 aliphatic heterocycles. The van der Waals surface area contributed by atoms with Gasteiger partial charge in [-0.2, -0.15) is 0 Å². The maximum absolute atomic E-state index is 11.8. The van der Waals surface area contributed by atoms with Gasteiger partial charge in [-0.15, -0.1) is 0 Å². The predicted octanol–water partition coefficient (Wildman–Crippen LogP) is 1.70. The quantitative estimate of drug-likeness (QED) is 0.666. The number of carboxylic acids is 1. The first-order valence-electron chi connectivity index (χ1n) is 7.35. The summed E-state index contributed by atoms with van der Waals surface area (Å²) in [4.78, 5) is 23.9. The molecule has 6 heteroatoms. The normalized spacial score (nSPS) is 18.6. The average molecular weight is 286 g/mol. The number of nitrogens with zero attached hydrogens (tertiary/aromatic N) is 1. The van der Waals surface area contributed by atoms with Gasteiger partial charge in [0.05, 0.1) is 6.10 Å². The van der Waals surface area contributed by atoms with E-state index in [1.807, 2.05) is 0 Å². The second-order valence-corrected chi connectivity index (χ2v) is 5.64. The van der Waals surface area contributed by atoms with Crippen molar-refractivity contribution in [2.45, 2.75) is 45.6 Å². The monoisotopic (exact) mass is 286 g/mol. The molecule has 1 fully saturated rings. The Hall–Kier alpha value is -1.30. The van der Waals surface area contributed by atoms with Crippen molar-refractivity contribution in [1.82, 2.24) is 10.2 Å². The number of aliphatic carboxylic acids is 1. The molecule has 0 aliphatic carbocycles. The molecule has 0 aromatic rings. The fraction of sp³-hybridized carbons (Fsp3) is 0.857. The summed E-state index contributed by atoms with van der Waals surface area (Å²) in [5.74, 6) is -0.205. The van der Waals surface area contributed by atoms with Gasteiger partial charge in [-0.1, -0.05) is 13.8 Å². The molecule has 1 heterocycles. The first kappa shape index (κ1) is 16.8. The zero-order valence-electron chi connectivity index (χ0n) is 12.4. The third kappa shape index (κ3) is 6.75. The number of carbonyl (C=O) groups is 2. The summed E-state index contributed by atoms with van der Waals surface area (Å²) in [5.41, 5.74) is 0. The van der Waals surface area contributed by atoms with Crippen LogP contribution in [-0.4, -0.2) is 54.4 Å². The number of carboxylic acid groups (broad SMARTS) is 1. The number of hydrogen-bond donors (Lipinski definition) is 2. The maximum atomic E-state index is 11.8. The molecule has 1 aliphatic rings. The minimum absolute atomic E-state index is 0.0845. The lowest BCUT2D eigenvalue weighted by molar-refractivity contribution is -0.137. The van der Waals surface area contributed by atoms with Gasteiger partial charge in [0.15, 0.2) is 0 Å². The summed E-state index contributed by atoms with van der Waals surface area (Å²) in [6.07, 6.45) is 2.60. The number of rotatable bonds is 8. The van der Waals surface area contributed by atoms with E-state index in [2.05, 4.69) is 19.2 Å². The number of ether oxygens (including phenoxy) is 1. The number of nitrogens with one attached hydrogen (secondary N) is 1. The molecule has 1 atom stereocenters. The molecule has 116 valence electrons. The molecule has 0 aromatic heterocycles. The van der Waals surface area contributed by atoms with Crippen molar-refractivity contribution in [2.75, 3.05) is 26.2 Å². The van der Waals surface area contributed by atoms with E-state index in [1.54, 1.807) is 4.90 Å². The van der Waals surface area contributed by atoms with Crippen LogP contribution in [0.1, 0.15) is 39.5 Å². The molecule has 2 N–H and O–H groups in total. The van der Waals surface area contributed by atoms with Gasteiger partial charge in [0.2, 0.25) is 0 Å². The zero-order chi connectivity index (χ0) is 15.0.